The normalized spacial score (nSPS) is 17.2. The summed E-state index contributed by atoms with van der Waals surface area (Å²) in [5.74, 6) is -2.11. The van der Waals surface area contributed by atoms with E-state index in [9.17, 15) is 19.1 Å². The van der Waals surface area contributed by atoms with Gasteiger partial charge in [0.2, 0.25) is 0 Å². The largest absolute Gasteiger partial charge is 0.492 e. The van der Waals surface area contributed by atoms with E-state index in [2.05, 4.69) is 17.4 Å². The summed E-state index contributed by atoms with van der Waals surface area (Å²) in [4.78, 5) is 24.5. The van der Waals surface area contributed by atoms with Gasteiger partial charge in [0.15, 0.2) is 0 Å². The Morgan fingerprint density at radius 1 is 1.02 bits per heavy atom. The molecule has 4 N–H and O–H groups in total. The average molecular weight is 558 g/mol. The third kappa shape index (κ3) is 5.45. The SMILES string of the molecule is CC1(C)OB(C(=Cc2cc(C(=O)O)c(N)cc2F)CNC(=O)OCC2c3ccccc3-c3ccccc32)OC1(C)C. The van der Waals surface area contributed by atoms with Gasteiger partial charge in [-0.2, -0.15) is 0 Å². The second kappa shape index (κ2) is 10.7. The lowest BCUT2D eigenvalue weighted by Gasteiger charge is -2.32. The predicted molar refractivity (Wildman–Crippen MR) is 155 cm³/mol. The van der Waals surface area contributed by atoms with Gasteiger partial charge in [-0.05, 0) is 67.6 Å². The van der Waals surface area contributed by atoms with Gasteiger partial charge in [-0.3, -0.25) is 0 Å². The van der Waals surface area contributed by atoms with E-state index >= 15 is 0 Å². The van der Waals surface area contributed by atoms with Crippen molar-refractivity contribution >= 4 is 30.9 Å². The van der Waals surface area contributed by atoms with Gasteiger partial charge >= 0.3 is 19.2 Å². The van der Waals surface area contributed by atoms with Crippen molar-refractivity contribution < 1.29 is 33.1 Å². The first kappa shape index (κ1) is 28.4. The van der Waals surface area contributed by atoms with E-state index in [0.717, 1.165) is 34.4 Å². The Morgan fingerprint density at radius 2 is 1.59 bits per heavy atom. The molecule has 3 aromatic rings. The fourth-order valence-corrected chi connectivity index (χ4v) is 5.12. The smallest absolute Gasteiger partial charge is 0.478 e. The maximum Gasteiger partial charge on any atom is 0.492 e. The van der Waals surface area contributed by atoms with Crippen molar-refractivity contribution in [3.63, 3.8) is 0 Å². The van der Waals surface area contributed by atoms with Gasteiger partial charge in [0, 0.05) is 23.7 Å². The Morgan fingerprint density at radius 3 is 2.15 bits per heavy atom. The van der Waals surface area contributed by atoms with Crippen LogP contribution in [0.25, 0.3) is 17.2 Å². The van der Waals surface area contributed by atoms with Crippen LogP contribution in [0.3, 0.4) is 0 Å². The zero-order valence-corrected chi connectivity index (χ0v) is 23.4. The van der Waals surface area contributed by atoms with Gasteiger partial charge in [0.1, 0.15) is 12.4 Å². The summed E-state index contributed by atoms with van der Waals surface area (Å²) < 4.78 is 32.8. The number of alkyl carbamates (subject to hydrolysis) is 1. The Labute approximate surface area is 238 Å². The highest BCUT2D eigenvalue weighted by Gasteiger charge is 2.52. The topological polar surface area (TPSA) is 120 Å². The van der Waals surface area contributed by atoms with Crippen molar-refractivity contribution in [1.82, 2.24) is 5.32 Å². The van der Waals surface area contributed by atoms with Gasteiger partial charge in [-0.1, -0.05) is 54.6 Å². The molecule has 1 heterocycles. The van der Waals surface area contributed by atoms with Crippen molar-refractivity contribution in [3.05, 3.63) is 94.2 Å². The first-order valence-electron chi connectivity index (χ1n) is 13.4. The van der Waals surface area contributed by atoms with Crippen LogP contribution in [0.1, 0.15) is 60.7 Å². The number of carbonyl (C=O) groups excluding carboxylic acids is 1. The lowest BCUT2D eigenvalue weighted by atomic mass is 9.77. The van der Waals surface area contributed by atoms with Gasteiger partial charge in [-0.15, -0.1) is 0 Å². The molecule has 1 amide bonds. The summed E-state index contributed by atoms with van der Waals surface area (Å²) in [6.07, 6.45) is 0.742. The van der Waals surface area contributed by atoms with Crippen molar-refractivity contribution in [1.29, 1.82) is 0 Å². The molecule has 8 nitrogen and oxygen atoms in total. The van der Waals surface area contributed by atoms with Crippen LogP contribution in [0.15, 0.2) is 66.1 Å². The monoisotopic (exact) mass is 558 g/mol. The number of rotatable bonds is 7. The zero-order valence-electron chi connectivity index (χ0n) is 23.4. The van der Waals surface area contributed by atoms with Gasteiger partial charge in [0.05, 0.1) is 16.8 Å². The minimum Gasteiger partial charge on any atom is -0.478 e. The Bertz CT molecular complexity index is 1490. The fourth-order valence-electron chi connectivity index (χ4n) is 5.12. The minimum absolute atomic E-state index is 0.0318. The second-order valence-electron chi connectivity index (χ2n) is 11.3. The molecule has 212 valence electrons. The number of carboxylic acid groups (broad SMARTS) is 1. The summed E-state index contributed by atoms with van der Waals surface area (Å²) >= 11 is 0. The fraction of sp³-hybridized carbons (Fsp3) is 0.290. The minimum atomic E-state index is -1.29. The van der Waals surface area contributed by atoms with E-state index in [1.165, 1.54) is 6.08 Å². The summed E-state index contributed by atoms with van der Waals surface area (Å²) in [5, 5.41) is 12.2. The van der Waals surface area contributed by atoms with Gasteiger partial charge in [-0.25, -0.2) is 14.0 Å². The number of nitrogen functional groups attached to an aromatic ring is 1. The summed E-state index contributed by atoms with van der Waals surface area (Å²) in [6, 6.07) is 18.2. The highest BCUT2D eigenvalue weighted by molar-refractivity contribution is 6.56. The molecule has 0 unspecified atom stereocenters. The second-order valence-corrected chi connectivity index (χ2v) is 11.3. The average Bonchev–Trinajstić information content (AvgIpc) is 3.35. The van der Waals surface area contributed by atoms with Crippen molar-refractivity contribution in [3.8, 4) is 11.1 Å². The molecule has 1 aliphatic carbocycles. The highest BCUT2D eigenvalue weighted by atomic mass is 19.1. The van der Waals surface area contributed by atoms with Gasteiger partial charge in [0.25, 0.3) is 0 Å². The van der Waals surface area contributed by atoms with E-state index in [1.54, 1.807) is 0 Å². The van der Waals surface area contributed by atoms with Crippen molar-refractivity contribution in [2.75, 3.05) is 18.9 Å². The Balaban J connectivity index is 1.35. The maximum atomic E-state index is 14.9. The number of nitrogens with two attached hydrogens (primary N) is 1. The number of benzene rings is 3. The number of hydrogen-bond donors (Lipinski definition) is 3. The Hall–Kier alpha value is -4.15. The molecule has 0 saturated carbocycles. The summed E-state index contributed by atoms with van der Waals surface area (Å²) in [5.41, 5.74) is 8.62. The number of carboxylic acids is 1. The number of amides is 1. The molecule has 0 radical (unpaired) electrons. The van der Waals surface area contributed by atoms with Crippen molar-refractivity contribution in [2.45, 2.75) is 44.8 Å². The van der Waals surface area contributed by atoms with Crippen LogP contribution in [0.2, 0.25) is 0 Å². The molecule has 0 bridgehead atoms. The molecular weight excluding hydrogens is 526 g/mol. The highest BCUT2D eigenvalue weighted by Crippen LogP contribution is 2.44. The van der Waals surface area contributed by atoms with E-state index in [0.29, 0.717) is 5.47 Å². The van der Waals surface area contributed by atoms with Crippen molar-refractivity contribution in [2.24, 2.45) is 0 Å². The molecule has 0 spiro atoms. The first-order chi connectivity index (χ1) is 19.4. The van der Waals surface area contributed by atoms with Gasteiger partial charge < -0.3 is 30.2 Å². The molecule has 1 fully saturated rings. The standard InChI is InChI=1S/C31H32BFN2O6/c1-30(2)31(3,4)41-32(40-30)19(13-18-14-24(28(36)37)27(34)15-26(18)33)16-35-29(38)39-17-25-22-11-7-5-9-20(22)21-10-6-8-12-23(21)25/h5-15,25H,16-17,34H2,1-4H3,(H,35,38)(H,36,37). The molecule has 5 rings (SSSR count). The first-order valence-corrected chi connectivity index (χ1v) is 13.4. The third-order valence-electron chi connectivity index (χ3n) is 8.08. The number of aromatic carboxylic acids is 1. The third-order valence-corrected chi connectivity index (χ3v) is 8.08. The lowest BCUT2D eigenvalue weighted by Crippen LogP contribution is -2.41. The van der Waals surface area contributed by atoms with Crippen LogP contribution >= 0.6 is 0 Å². The number of ether oxygens (including phenoxy) is 1. The number of anilines is 1. The van der Waals surface area contributed by atoms with E-state index in [-0.39, 0.29) is 35.9 Å². The number of nitrogens with one attached hydrogen (secondary N) is 1. The molecule has 1 saturated heterocycles. The van der Waals surface area contributed by atoms with E-state index in [4.69, 9.17) is 19.8 Å². The van der Waals surface area contributed by atoms with Crippen LogP contribution in [0.4, 0.5) is 14.9 Å². The maximum absolute atomic E-state index is 14.9. The lowest BCUT2D eigenvalue weighted by molar-refractivity contribution is 0.00578. The molecule has 2 aliphatic rings. The van der Waals surface area contributed by atoms with Crippen LogP contribution in [-0.4, -0.2) is 48.6 Å². The van der Waals surface area contributed by atoms with Crippen LogP contribution in [0.5, 0.6) is 0 Å². The number of hydrogen-bond acceptors (Lipinski definition) is 6. The van der Waals surface area contributed by atoms with Crippen LogP contribution < -0.4 is 11.1 Å². The zero-order chi connectivity index (χ0) is 29.5. The summed E-state index contributed by atoms with van der Waals surface area (Å²) in [6.45, 7) is 7.52. The van der Waals surface area contributed by atoms with E-state index < -0.39 is 36.2 Å². The molecule has 0 atom stereocenters. The van der Waals surface area contributed by atoms with E-state index in [1.807, 2.05) is 64.1 Å². The number of carbonyl (C=O) groups is 2. The number of halogens is 1. The Kier molecular flexibility index (Phi) is 7.40. The molecule has 1 aliphatic heterocycles. The molecule has 0 aromatic heterocycles. The summed E-state index contributed by atoms with van der Waals surface area (Å²) in [7, 11) is -0.931. The van der Waals surface area contributed by atoms with Crippen LogP contribution in [0, 0.1) is 5.82 Å². The molecule has 10 heteroatoms. The predicted octanol–water partition coefficient (Wildman–Crippen LogP) is 5.66. The molecular formula is C31H32BFN2O6. The quantitative estimate of drug-likeness (QED) is 0.253. The molecule has 3 aromatic carbocycles. The molecule has 41 heavy (non-hydrogen) atoms. The van der Waals surface area contributed by atoms with Crippen LogP contribution in [-0.2, 0) is 14.0 Å². The number of fused-ring (bicyclic) bond motifs is 3.